The molecule has 236 valence electrons. The van der Waals surface area contributed by atoms with E-state index in [2.05, 4.69) is 14.7 Å². The predicted octanol–water partition coefficient (Wildman–Crippen LogP) is 4.40. The van der Waals surface area contributed by atoms with Crippen LogP contribution in [0, 0.1) is 16.0 Å². The molecule has 4 heterocycles. The maximum atomic E-state index is 13.3. The van der Waals surface area contributed by atoms with Gasteiger partial charge in [0.2, 0.25) is 5.91 Å². The number of nitro benzene ring substituents is 1. The van der Waals surface area contributed by atoms with Gasteiger partial charge >= 0.3 is 6.03 Å². The molecule has 0 saturated carbocycles. The fourth-order valence-electron chi connectivity index (χ4n) is 6.41. The van der Waals surface area contributed by atoms with Crippen LogP contribution in [0.25, 0.3) is 0 Å². The zero-order valence-electron chi connectivity index (χ0n) is 25.6. The van der Waals surface area contributed by atoms with Gasteiger partial charge in [0.25, 0.3) is 5.69 Å². The standard InChI is InChI=1S/C33H39N7O5/c1-45-30-9-2-25(3-10-30)24-39-32(41)14-17-38(33(39)42)29-8-11-31(34-22-29)37-20-18-35(19-21-37)23-26-12-15-36(16-13-26)27-4-6-28(7-5-27)40(43)44/h2-11,22,26H,12-21,23-24H2,1H3. The molecule has 3 aromatic rings. The molecule has 3 amide bonds. The number of methoxy groups -OCH3 is 1. The molecule has 3 fully saturated rings. The Kier molecular flexibility index (Phi) is 9.11. The second-order valence-corrected chi connectivity index (χ2v) is 11.9. The predicted molar refractivity (Wildman–Crippen MR) is 172 cm³/mol. The molecule has 1 aromatic heterocycles. The first-order chi connectivity index (χ1) is 21.9. The topological polar surface area (TPSA) is 116 Å². The van der Waals surface area contributed by atoms with Crippen molar-refractivity contribution < 1.29 is 19.2 Å². The maximum Gasteiger partial charge on any atom is 0.331 e. The van der Waals surface area contributed by atoms with Crippen LogP contribution >= 0.6 is 0 Å². The smallest absolute Gasteiger partial charge is 0.331 e. The molecule has 12 nitrogen and oxygen atoms in total. The van der Waals surface area contributed by atoms with E-state index in [1.807, 2.05) is 48.5 Å². The highest BCUT2D eigenvalue weighted by Gasteiger charge is 2.33. The van der Waals surface area contributed by atoms with Crippen molar-refractivity contribution in [1.82, 2.24) is 14.8 Å². The summed E-state index contributed by atoms with van der Waals surface area (Å²) in [5.74, 6) is 2.08. The van der Waals surface area contributed by atoms with Gasteiger partial charge in [0.15, 0.2) is 0 Å². The summed E-state index contributed by atoms with van der Waals surface area (Å²) in [5.41, 5.74) is 2.73. The van der Waals surface area contributed by atoms with Crippen molar-refractivity contribution in [2.45, 2.75) is 25.8 Å². The van der Waals surface area contributed by atoms with Gasteiger partial charge in [0.05, 0.1) is 30.5 Å². The average Bonchev–Trinajstić information content (AvgIpc) is 3.08. The molecule has 0 radical (unpaired) electrons. The number of benzene rings is 2. The van der Waals surface area contributed by atoms with Crippen molar-refractivity contribution >= 4 is 34.8 Å². The Balaban J connectivity index is 0.971. The number of piperazine rings is 1. The number of pyridine rings is 1. The quantitative estimate of drug-likeness (QED) is 0.256. The van der Waals surface area contributed by atoms with Gasteiger partial charge in [-0.1, -0.05) is 12.1 Å². The number of imide groups is 1. The second-order valence-electron chi connectivity index (χ2n) is 11.9. The fourth-order valence-corrected chi connectivity index (χ4v) is 6.41. The normalized spacial score (nSPS) is 18.4. The number of hydrogen-bond acceptors (Lipinski definition) is 9. The van der Waals surface area contributed by atoms with Crippen LogP contribution in [0.5, 0.6) is 5.75 Å². The molecule has 3 saturated heterocycles. The van der Waals surface area contributed by atoms with Crippen LogP contribution in [0.2, 0.25) is 0 Å². The number of non-ortho nitro benzene ring substituents is 1. The monoisotopic (exact) mass is 613 g/mol. The van der Waals surface area contributed by atoms with E-state index in [9.17, 15) is 19.7 Å². The number of piperidine rings is 1. The summed E-state index contributed by atoms with van der Waals surface area (Å²) < 4.78 is 5.21. The third-order valence-electron chi connectivity index (χ3n) is 9.11. The number of aromatic nitrogens is 1. The SMILES string of the molecule is COc1ccc(CN2C(=O)CCN(c3ccc(N4CCN(CC5CCN(c6ccc([N+](=O)[O-])cc6)CC5)CC4)nc3)C2=O)cc1. The molecule has 0 spiro atoms. The van der Waals surface area contributed by atoms with Crippen molar-refractivity contribution in [3.63, 3.8) is 0 Å². The van der Waals surface area contributed by atoms with Crippen molar-refractivity contribution in [3.05, 3.63) is 82.5 Å². The molecule has 12 heteroatoms. The van der Waals surface area contributed by atoms with Crippen LogP contribution < -0.4 is 19.4 Å². The summed E-state index contributed by atoms with van der Waals surface area (Å²) in [7, 11) is 1.60. The largest absolute Gasteiger partial charge is 0.497 e. The number of nitrogens with zero attached hydrogens (tertiary/aromatic N) is 7. The van der Waals surface area contributed by atoms with E-state index >= 15 is 0 Å². The summed E-state index contributed by atoms with van der Waals surface area (Å²) in [6.45, 7) is 7.28. The van der Waals surface area contributed by atoms with E-state index in [1.165, 1.54) is 4.90 Å². The van der Waals surface area contributed by atoms with Crippen LogP contribution in [0.4, 0.5) is 27.7 Å². The van der Waals surface area contributed by atoms with Crippen LogP contribution in [0.15, 0.2) is 66.9 Å². The van der Waals surface area contributed by atoms with Gasteiger partial charge in [0.1, 0.15) is 11.6 Å². The maximum absolute atomic E-state index is 13.3. The molecule has 45 heavy (non-hydrogen) atoms. The minimum absolute atomic E-state index is 0.127. The number of rotatable bonds is 9. The first-order valence-corrected chi connectivity index (χ1v) is 15.6. The zero-order chi connectivity index (χ0) is 31.3. The third-order valence-corrected chi connectivity index (χ3v) is 9.11. The van der Waals surface area contributed by atoms with Crippen LogP contribution in [0.3, 0.4) is 0 Å². The molecule has 0 aliphatic carbocycles. The Hall–Kier alpha value is -4.71. The number of ether oxygens (including phenoxy) is 1. The summed E-state index contributed by atoms with van der Waals surface area (Å²) in [6, 6.07) is 17.8. The van der Waals surface area contributed by atoms with E-state index in [0.29, 0.717) is 18.2 Å². The molecule has 6 rings (SSSR count). The molecule has 2 aromatic carbocycles. The van der Waals surface area contributed by atoms with Crippen molar-refractivity contribution in [3.8, 4) is 5.75 Å². The highest BCUT2D eigenvalue weighted by molar-refractivity contribution is 6.05. The van der Waals surface area contributed by atoms with E-state index in [0.717, 1.165) is 81.5 Å². The van der Waals surface area contributed by atoms with Gasteiger partial charge in [0, 0.05) is 76.6 Å². The second kappa shape index (κ2) is 13.5. The van der Waals surface area contributed by atoms with Gasteiger partial charge < -0.3 is 14.5 Å². The lowest BCUT2D eigenvalue weighted by atomic mass is 9.95. The van der Waals surface area contributed by atoms with Crippen molar-refractivity contribution in [2.75, 3.05) is 74.2 Å². The zero-order valence-corrected chi connectivity index (χ0v) is 25.6. The van der Waals surface area contributed by atoms with E-state index in [4.69, 9.17) is 9.72 Å². The molecular weight excluding hydrogens is 574 g/mol. The molecule has 0 atom stereocenters. The molecule has 3 aliphatic rings. The molecule has 0 N–H and O–H groups in total. The van der Waals surface area contributed by atoms with Crippen molar-refractivity contribution in [2.24, 2.45) is 5.92 Å². The van der Waals surface area contributed by atoms with Crippen LogP contribution in [0.1, 0.15) is 24.8 Å². The van der Waals surface area contributed by atoms with Crippen molar-refractivity contribution in [1.29, 1.82) is 0 Å². The molecule has 3 aliphatic heterocycles. The van der Waals surface area contributed by atoms with E-state index in [1.54, 1.807) is 30.3 Å². The van der Waals surface area contributed by atoms with Gasteiger partial charge in [-0.25, -0.2) is 9.78 Å². The lowest BCUT2D eigenvalue weighted by Gasteiger charge is -2.39. The Labute approximate surface area is 262 Å². The van der Waals surface area contributed by atoms with Gasteiger partial charge in [-0.2, -0.15) is 0 Å². The first kappa shape index (κ1) is 30.3. The molecular formula is C33H39N7O5. The lowest BCUT2D eigenvalue weighted by molar-refractivity contribution is -0.384. The highest BCUT2D eigenvalue weighted by Crippen LogP contribution is 2.27. The molecule has 0 unspecified atom stereocenters. The molecule has 0 bridgehead atoms. The Morgan fingerprint density at radius 1 is 0.844 bits per heavy atom. The number of urea groups is 1. The van der Waals surface area contributed by atoms with Gasteiger partial charge in [-0.15, -0.1) is 0 Å². The van der Waals surface area contributed by atoms with Gasteiger partial charge in [-0.05, 0) is 60.7 Å². The fraction of sp³-hybridized carbons (Fsp3) is 0.424. The minimum atomic E-state index is -0.359. The van der Waals surface area contributed by atoms with E-state index in [-0.39, 0.29) is 35.5 Å². The number of hydrogen-bond donors (Lipinski definition) is 0. The Morgan fingerprint density at radius 2 is 1.53 bits per heavy atom. The van der Waals surface area contributed by atoms with Crippen LogP contribution in [-0.2, 0) is 11.3 Å². The summed E-state index contributed by atoms with van der Waals surface area (Å²) in [6.07, 6.45) is 4.22. The number of carbonyl (C=O) groups excluding carboxylic acids is 2. The Morgan fingerprint density at radius 3 is 2.16 bits per heavy atom. The summed E-state index contributed by atoms with van der Waals surface area (Å²) in [5, 5.41) is 10.9. The number of carbonyl (C=O) groups is 2. The lowest BCUT2D eigenvalue weighted by Crippen LogP contribution is -2.52. The Bertz CT molecular complexity index is 1480. The summed E-state index contributed by atoms with van der Waals surface area (Å²) >= 11 is 0. The summed E-state index contributed by atoms with van der Waals surface area (Å²) in [4.78, 5) is 51.3. The first-order valence-electron chi connectivity index (χ1n) is 15.6. The van der Waals surface area contributed by atoms with E-state index < -0.39 is 0 Å². The third kappa shape index (κ3) is 7.01. The number of anilines is 3. The average molecular weight is 614 g/mol. The number of amides is 3. The van der Waals surface area contributed by atoms with Crippen LogP contribution in [-0.4, -0.2) is 91.1 Å². The highest BCUT2D eigenvalue weighted by atomic mass is 16.6. The number of nitro groups is 1. The van der Waals surface area contributed by atoms with Gasteiger partial charge in [-0.3, -0.25) is 29.6 Å². The minimum Gasteiger partial charge on any atom is -0.497 e.